The molecule has 0 bridgehead atoms. The number of aromatic nitrogens is 3. The highest BCUT2D eigenvalue weighted by molar-refractivity contribution is 7.23. The van der Waals surface area contributed by atoms with Crippen molar-refractivity contribution in [2.24, 2.45) is 0 Å². The molecular weight excluding hydrogens is 701 g/mol. The highest BCUT2D eigenvalue weighted by atomic mass is 35.5. The number of hydrogen-bond donors (Lipinski definition) is 2. The van der Waals surface area contributed by atoms with E-state index in [9.17, 15) is 14.0 Å². The van der Waals surface area contributed by atoms with Crippen molar-refractivity contribution in [3.8, 4) is 29.0 Å². The lowest BCUT2D eigenvalue weighted by atomic mass is 9.96. The van der Waals surface area contributed by atoms with Crippen molar-refractivity contribution in [1.82, 2.24) is 19.9 Å². The number of pyridine rings is 1. The summed E-state index contributed by atoms with van der Waals surface area (Å²) in [6.07, 6.45) is 3.93. The second-order valence-electron chi connectivity index (χ2n) is 13.1. The van der Waals surface area contributed by atoms with Gasteiger partial charge >= 0.3 is 6.01 Å². The van der Waals surface area contributed by atoms with Crippen molar-refractivity contribution in [2.75, 3.05) is 36.6 Å². The van der Waals surface area contributed by atoms with E-state index in [4.69, 9.17) is 32.5 Å². The molecule has 3 aromatic heterocycles. The fourth-order valence-corrected chi connectivity index (χ4v) is 8.84. The van der Waals surface area contributed by atoms with Crippen LogP contribution >= 0.6 is 22.9 Å². The van der Waals surface area contributed by atoms with E-state index in [2.05, 4.69) is 19.9 Å². The van der Waals surface area contributed by atoms with Gasteiger partial charge in [0.2, 0.25) is 0 Å². The molecule has 3 aliphatic heterocycles. The van der Waals surface area contributed by atoms with Crippen molar-refractivity contribution in [3.05, 3.63) is 58.2 Å². The molecule has 2 fully saturated rings. The smallest absolute Gasteiger partial charge is 0.318 e. The van der Waals surface area contributed by atoms with Crippen LogP contribution in [0.5, 0.6) is 11.8 Å². The van der Waals surface area contributed by atoms with E-state index in [-0.39, 0.29) is 71.5 Å². The second-order valence-corrected chi connectivity index (χ2v) is 14.5. The molecule has 2 saturated heterocycles. The number of thiophene rings is 1. The third-order valence-electron chi connectivity index (χ3n) is 10.2. The van der Waals surface area contributed by atoms with Gasteiger partial charge in [-0.15, -0.1) is 11.3 Å². The Morgan fingerprint density at radius 2 is 1.96 bits per heavy atom. The van der Waals surface area contributed by atoms with Crippen LogP contribution in [0, 0.1) is 23.0 Å². The number of nitrogens with zero attached hydrogens (tertiary/aromatic N) is 6. The van der Waals surface area contributed by atoms with Gasteiger partial charge in [-0.05, 0) is 64.3 Å². The summed E-state index contributed by atoms with van der Waals surface area (Å²) < 4.78 is 56.2. The summed E-state index contributed by atoms with van der Waals surface area (Å²) >= 11 is 7.91. The lowest BCUT2D eigenvalue weighted by Crippen LogP contribution is -2.44. The molecule has 10 nitrogen and oxygen atoms in total. The molecule has 0 saturated carbocycles. The second kappa shape index (κ2) is 13.5. The molecule has 8 rings (SSSR count). The van der Waals surface area contributed by atoms with Gasteiger partial charge in [0.05, 0.1) is 39.9 Å². The Morgan fingerprint density at radius 3 is 2.67 bits per heavy atom. The lowest BCUT2D eigenvalue weighted by Gasteiger charge is -2.37. The maximum absolute atomic E-state index is 16.8. The number of nitrogens with two attached hydrogens (primary N) is 2. The number of ether oxygens (including phenoxy) is 2. The molecule has 5 unspecified atom stereocenters. The number of methoxy groups -OCH3 is 1. The van der Waals surface area contributed by atoms with Crippen LogP contribution in [0.2, 0.25) is 5.02 Å². The molecule has 15 heteroatoms. The molecule has 0 amide bonds. The van der Waals surface area contributed by atoms with Gasteiger partial charge < -0.3 is 25.8 Å². The van der Waals surface area contributed by atoms with Crippen LogP contribution in [-0.4, -0.2) is 64.4 Å². The first-order valence-electron chi connectivity index (χ1n) is 16.7. The zero-order valence-electron chi connectivity index (χ0n) is 28.4. The summed E-state index contributed by atoms with van der Waals surface area (Å²) in [4.78, 5) is 17.5. The Kier molecular flexibility index (Phi) is 9.24. The number of rotatable bonds is 4. The molecule has 5 aromatic rings. The first-order chi connectivity index (χ1) is 24.4. The number of nitriles is 1. The molecule has 51 heavy (non-hydrogen) atoms. The highest BCUT2D eigenvalue weighted by Crippen LogP contribution is 2.52. The first-order valence-corrected chi connectivity index (χ1v) is 17.9. The van der Waals surface area contributed by atoms with E-state index in [1.54, 1.807) is 12.3 Å². The Bertz CT molecular complexity index is 2200. The maximum Gasteiger partial charge on any atom is 0.318 e. The highest BCUT2D eigenvalue weighted by Gasteiger charge is 2.39. The molecule has 2 aromatic carbocycles. The number of halogens is 4. The van der Waals surface area contributed by atoms with E-state index >= 15 is 4.39 Å². The van der Waals surface area contributed by atoms with Crippen LogP contribution in [0.25, 0.3) is 32.1 Å². The van der Waals surface area contributed by atoms with Crippen LogP contribution in [0.1, 0.15) is 57.2 Å². The van der Waals surface area contributed by atoms with Crippen LogP contribution < -0.4 is 25.8 Å². The lowest BCUT2D eigenvalue weighted by molar-refractivity contribution is 0.193. The van der Waals surface area contributed by atoms with Crippen molar-refractivity contribution in [2.45, 2.75) is 70.4 Å². The Morgan fingerprint density at radius 1 is 1.18 bits per heavy atom. The summed E-state index contributed by atoms with van der Waals surface area (Å²) in [5.74, 6) is -0.592. The van der Waals surface area contributed by atoms with Gasteiger partial charge in [-0.3, -0.25) is 4.90 Å². The average Bonchev–Trinajstić information content (AvgIpc) is 3.78. The minimum Gasteiger partial charge on any atom is -0.486 e. The summed E-state index contributed by atoms with van der Waals surface area (Å²) in [6, 6.07) is 8.04. The molecule has 4 N–H and O–H groups in total. The number of nitrogen functional groups attached to an aromatic ring is 2. The van der Waals surface area contributed by atoms with E-state index in [1.807, 2.05) is 37.8 Å². The number of anilines is 3. The zero-order chi connectivity index (χ0) is 36.3. The molecule has 0 aliphatic carbocycles. The van der Waals surface area contributed by atoms with Crippen molar-refractivity contribution in [3.63, 3.8) is 0 Å². The Labute approximate surface area is 301 Å². The van der Waals surface area contributed by atoms with E-state index in [1.165, 1.54) is 32.1 Å². The van der Waals surface area contributed by atoms with Gasteiger partial charge in [0, 0.05) is 35.3 Å². The van der Waals surface area contributed by atoms with Gasteiger partial charge in [-0.2, -0.15) is 15.2 Å². The molecule has 5 atom stereocenters. The minimum absolute atomic E-state index is 0.0313. The molecule has 0 radical (unpaired) electrons. The first kappa shape index (κ1) is 34.9. The monoisotopic (exact) mass is 736 g/mol. The van der Waals surface area contributed by atoms with Gasteiger partial charge in [-0.25, -0.2) is 18.2 Å². The normalized spacial score (nSPS) is 21.8. The zero-order valence-corrected chi connectivity index (χ0v) is 30.0. The van der Waals surface area contributed by atoms with Crippen LogP contribution in [0.3, 0.4) is 0 Å². The SMILES string of the molecule is COc1nc2c3c(c(Cl)c(-c4ccc(F)c5sc(N)c(C#N)c45)c(F)c3n1)OC(C)C(C)N2C(C)c1cccnc1N.FC1CC2CCCN2C1. The molecular formula is C36H36ClF3N8O2S. The standard InChI is InChI=1S/C29H24ClF2N7O2S.C7H12FN/c1-11-13(3)41-24-20-23(37-29(40-4)38-28(20)39(11)12(2)14-6-5-9-36-26(14)34)22(32)19(21(24)30)15-7-8-17(31)25-18(15)16(10-33)27(35)42-25;8-6-4-7-2-1-3-9(7)5-6/h5-9,11-13H,35H2,1-4H3,(H2,34,36);6-7H,1-5H2. The van der Waals surface area contributed by atoms with Gasteiger partial charge in [0.25, 0.3) is 0 Å². The third kappa shape index (κ3) is 5.81. The van der Waals surface area contributed by atoms with Crippen molar-refractivity contribution < 1.29 is 22.6 Å². The number of benzene rings is 2. The predicted molar refractivity (Wildman–Crippen MR) is 194 cm³/mol. The van der Waals surface area contributed by atoms with Gasteiger partial charge in [0.1, 0.15) is 46.3 Å². The number of fused-ring (bicyclic) bond motifs is 2. The molecule has 3 aliphatic rings. The van der Waals surface area contributed by atoms with Crippen LogP contribution in [0.15, 0.2) is 30.5 Å². The fourth-order valence-electron chi connectivity index (χ4n) is 7.57. The van der Waals surface area contributed by atoms with Crippen molar-refractivity contribution in [1.29, 1.82) is 5.26 Å². The summed E-state index contributed by atoms with van der Waals surface area (Å²) in [5.41, 5.74) is 13.0. The number of hydrogen-bond acceptors (Lipinski definition) is 11. The summed E-state index contributed by atoms with van der Waals surface area (Å²) in [7, 11) is 1.38. The van der Waals surface area contributed by atoms with Gasteiger partial charge in [-0.1, -0.05) is 23.7 Å². The quantitative estimate of drug-likeness (QED) is 0.188. The molecule has 266 valence electrons. The van der Waals surface area contributed by atoms with Gasteiger partial charge in [0.15, 0.2) is 11.6 Å². The fraction of sp³-hybridized carbons (Fsp3) is 0.389. The van der Waals surface area contributed by atoms with Crippen LogP contribution in [-0.2, 0) is 0 Å². The average molecular weight is 737 g/mol. The summed E-state index contributed by atoms with van der Waals surface area (Å²) in [6.45, 7) is 7.61. The van der Waals surface area contributed by atoms with E-state index in [0.717, 1.165) is 29.9 Å². The predicted octanol–water partition coefficient (Wildman–Crippen LogP) is 7.81. The largest absolute Gasteiger partial charge is 0.486 e. The maximum atomic E-state index is 16.8. The van der Waals surface area contributed by atoms with E-state index < -0.39 is 23.9 Å². The summed E-state index contributed by atoms with van der Waals surface area (Å²) in [5, 5.41) is 10.3. The molecule has 6 heterocycles. The minimum atomic E-state index is -0.818. The van der Waals surface area contributed by atoms with E-state index in [0.29, 0.717) is 24.2 Å². The third-order valence-corrected chi connectivity index (χ3v) is 11.6. The molecule has 0 spiro atoms. The number of alkyl halides is 1. The Balaban J connectivity index is 0.000000389. The van der Waals surface area contributed by atoms with Crippen molar-refractivity contribution >= 4 is 60.6 Å². The topological polar surface area (TPSA) is 139 Å². The Hall–Kier alpha value is -4.58. The van der Waals surface area contributed by atoms with Crippen LogP contribution in [0.4, 0.5) is 29.8 Å².